The number of carbonyl (C=O) groups is 2. The van der Waals surface area contributed by atoms with Crippen molar-refractivity contribution in [1.82, 2.24) is 10.8 Å². The molecule has 2 amide bonds. The molecule has 0 radical (unpaired) electrons. The van der Waals surface area contributed by atoms with Crippen LogP contribution in [0.1, 0.15) is 30.1 Å². The van der Waals surface area contributed by atoms with Crippen molar-refractivity contribution in [2.24, 2.45) is 5.92 Å². The van der Waals surface area contributed by atoms with Crippen molar-refractivity contribution in [2.45, 2.75) is 25.8 Å². The Morgan fingerprint density at radius 1 is 1.31 bits per heavy atom. The van der Waals surface area contributed by atoms with Gasteiger partial charge in [0.15, 0.2) is 0 Å². The summed E-state index contributed by atoms with van der Waals surface area (Å²) in [5.41, 5.74) is 2.15. The molecule has 0 aliphatic rings. The lowest BCUT2D eigenvalue weighted by Gasteiger charge is -2.23. The molecule has 1 aromatic carbocycles. The number of benzene rings is 1. The zero-order valence-corrected chi connectivity index (χ0v) is 16.3. The second kappa shape index (κ2) is 12.6. The fourth-order valence-electron chi connectivity index (χ4n) is 2.32. The zero-order chi connectivity index (χ0) is 19.4. The molecule has 26 heavy (non-hydrogen) atoms. The molecular weight excluding hydrogens is 404 g/mol. The van der Waals surface area contributed by atoms with Gasteiger partial charge in [-0.3, -0.25) is 14.8 Å². The van der Waals surface area contributed by atoms with Crippen molar-refractivity contribution < 1.29 is 24.3 Å². The summed E-state index contributed by atoms with van der Waals surface area (Å²) in [4.78, 5) is 24.3. The Morgan fingerprint density at radius 2 is 2.00 bits per heavy atom. The number of allylic oxidation sites excluding steroid dienone is 1. The Bertz CT molecular complexity index is 579. The monoisotopic (exact) mass is 428 g/mol. The largest absolute Gasteiger partial charge is 0.356 e. The maximum absolute atomic E-state index is 12.5. The van der Waals surface area contributed by atoms with Gasteiger partial charge in [-0.2, -0.15) is 0 Å². The second-order valence-electron chi connectivity index (χ2n) is 5.59. The molecule has 2 atom stereocenters. The van der Waals surface area contributed by atoms with Crippen LogP contribution < -0.4 is 10.8 Å². The van der Waals surface area contributed by atoms with Crippen LogP contribution in [0.5, 0.6) is 0 Å². The highest BCUT2D eigenvalue weighted by molar-refractivity contribution is 9.10. The SMILES string of the molecule is C=CC[C@@H](CC(COCOCC)NC(=O)c1ccc(Br)cc1)C(=O)NO. The van der Waals surface area contributed by atoms with E-state index in [-0.39, 0.29) is 25.7 Å². The van der Waals surface area contributed by atoms with Crippen LogP contribution in [-0.2, 0) is 14.3 Å². The predicted molar refractivity (Wildman–Crippen MR) is 101 cm³/mol. The van der Waals surface area contributed by atoms with Gasteiger partial charge in [-0.1, -0.05) is 22.0 Å². The van der Waals surface area contributed by atoms with Gasteiger partial charge in [0.05, 0.1) is 12.6 Å². The Balaban J connectivity index is 2.78. The quantitative estimate of drug-likeness (QED) is 0.156. The molecule has 1 unspecified atom stereocenters. The number of carbonyl (C=O) groups excluding carboxylic acids is 2. The summed E-state index contributed by atoms with van der Waals surface area (Å²) in [5.74, 6) is -1.34. The molecule has 1 aromatic rings. The van der Waals surface area contributed by atoms with Crippen LogP contribution >= 0.6 is 15.9 Å². The minimum absolute atomic E-state index is 0.0967. The van der Waals surface area contributed by atoms with E-state index in [0.717, 1.165) is 4.47 Å². The van der Waals surface area contributed by atoms with Gasteiger partial charge in [0.1, 0.15) is 6.79 Å². The van der Waals surface area contributed by atoms with Crippen LogP contribution in [0.2, 0.25) is 0 Å². The van der Waals surface area contributed by atoms with E-state index in [1.165, 1.54) is 0 Å². The van der Waals surface area contributed by atoms with Gasteiger partial charge < -0.3 is 14.8 Å². The lowest BCUT2D eigenvalue weighted by atomic mass is 9.95. The molecular formula is C18H25BrN2O5. The average Bonchev–Trinajstić information content (AvgIpc) is 2.64. The standard InChI is InChI=1S/C18H25BrN2O5/c1-3-5-14(18(23)21-24)10-16(11-26-12-25-4-2)20-17(22)13-6-8-15(19)9-7-13/h3,6-9,14,16,24H,1,4-5,10-12H2,2H3,(H,20,22)(H,21,23)/t14-,16?/m0/s1. The molecule has 0 aliphatic carbocycles. The molecule has 0 saturated heterocycles. The minimum Gasteiger partial charge on any atom is -0.356 e. The lowest BCUT2D eigenvalue weighted by Crippen LogP contribution is -2.42. The topological polar surface area (TPSA) is 96.9 Å². The first-order valence-electron chi connectivity index (χ1n) is 8.28. The van der Waals surface area contributed by atoms with Crippen LogP contribution in [-0.4, -0.2) is 43.1 Å². The van der Waals surface area contributed by atoms with Gasteiger partial charge in [0.25, 0.3) is 5.91 Å². The van der Waals surface area contributed by atoms with Gasteiger partial charge in [0, 0.05) is 22.6 Å². The number of nitrogens with one attached hydrogen (secondary N) is 2. The van der Waals surface area contributed by atoms with Gasteiger partial charge in [-0.15, -0.1) is 6.58 Å². The van der Waals surface area contributed by atoms with Crippen LogP contribution in [0, 0.1) is 5.92 Å². The normalized spacial score (nSPS) is 12.9. The first-order chi connectivity index (χ1) is 12.5. The lowest BCUT2D eigenvalue weighted by molar-refractivity contribution is -0.134. The van der Waals surface area contributed by atoms with Crippen LogP contribution in [0.25, 0.3) is 0 Å². The van der Waals surface area contributed by atoms with E-state index in [2.05, 4.69) is 27.8 Å². The van der Waals surface area contributed by atoms with E-state index in [0.29, 0.717) is 18.6 Å². The molecule has 0 saturated carbocycles. The third kappa shape index (κ3) is 8.09. The molecule has 0 fully saturated rings. The van der Waals surface area contributed by atoms with Crippen molar-refractivity contribution in [3.63, 3.8) is 0 Å². The van der Waals surface area contributed by atoms with Gasteiger partial charge >= 0.3 is 0 Å². The average molecular weight is 429 g/mol. The van der Waals surface area contributed by atoms with Gasteiger partial charge in [-0.25, -0.2) is 5.48 Å². The minimum atomic E-state index is -0.539. The summed E-state index contributed by atoms with van der Waals surface area (Å²) in [6.07, 6.45) is 2.24. The number of amides is 2. The smallest absolute Gasteiger partial charge is 0.251 e. The summed E-state index contributed by atoms with van der Waals surface area (Å²) in [5, 5.41) is 11.8. The maximum Gasteiger partial charge on any atom is 0.251 e. The molecule has 0 bridgehead atoms. The van der Waals surface area contributed by atoms with Crippen molar-refractivity contribution >= 4 is 27.7 Å². The summed E-state index contributed by atoms with van der Waals surface area (Å²) < 4.78 is 11.4. The Morgan fingerprint density at radius 3 is 2.58 bits per heavy atom. The van der Waals surface area contributed by atoms with E-state index in [9.17, 15) is 9.59 Å². The number of halogens is 1. The fourth-order valence-corrected chi connectivity index (χ4v) is 2.58. The fraction of sp³-hybridized carbons (Fsp3) is 0.444. The zero-order valence-electron chi connectivity index (χ0n) is 14.7. The Kier molecular flexibility index (Phi) is 10.8. The molecule has 1 rings (SSSR count). The molecule has 0 aliphatic heterocycles. The second-order valence-corrected chi connectivity index (χ2v) is 6.51. The summed E-state index contributed by atoms with van der Waals surface area (Å²) in [6.45, 7) is 6.26. The van der Waals surface area contributed by atoms with Crippen molar-refractivity contribution in [3.05, 3.63) is 47.0 Å². The predicted octanol–water partition coefficient (Wildman–Crippen LogP) is 2.65. The number of rotatable bonds is 12. The molecule has 7 nitrogen and oxygen atoms in total. The Hall–Kier alpha value is -1.74. The van der Waals surface area contributed by atoms with Crippen LogP contribution in [0.3, 0.4) is 0 Å². The molecule has 3 N–H and O–H groups in total. The van der Waals surface area contributed by atoms with Gasteiger partial charge in [-0.05, 0) is 44.0 Å². The number of hydroxylamine groups is 1. The first kappa shape index (κ1) is 22.3. The molecule has 0 heterocycles. The number of hydrogen-bond donors (Lipinski definition) is 3. The van der Waals surface area contributed by atoms with Crippen molar-refractivity contribution in [3.8, 4) is 0 Å². The first-order valence-corrected chi connectivity index (χ1v) is 9.07. The third-order valence-corrected chi connectivity index (χ3v) is 4.16. The molecule has 8 heteroatoms. The van der Waals surface area contributed by atoms with Gasteiger partial charge in [0.2, 0.25) is 5.91 Å². The summed E-state index contributed by atoms with van der Waals surface area (Å²) in [6, 6.07) is 6.50. The molecule has 144 valence electrons. The number of ether oxygens (including phenoxy) is 2. The highest BCUT2D eigenvalue weighted by Crippen LogP contribution is 2.15. The van der Waals surface area contributed by atoms with E-state index >= 15 is 0 Å². The van der Waals surface area contributed by atoms with Crippen LogP contribution in [0.4, 0.5) is 0 Å². The van der Waals surface area contributed by atoms with E-state index < -0.39 is 17.9 Å². The third-order valence-electron chi connectivity index (χ3n) is 3.63. The Labute approximate surface area is 161 Å². The van der Waals surface area contributed by atoms with E-state index in [4.69, 9.17) is 14.7 Å². The van der Waals surface area contributed by atoms with Crippen molar-refractivity contribution in [1.29, 1.82) is 0 Å². The highest BCUT2D eigenvalue weighted by atomic mass is 79.9. The van der Waals surface area contributed by atoms with Crippen LogP contribution in [0.15, 0.2) is 41.4 Å². The molecule has 0 aromatic heterocycles. The maximum atomic E-state index is 12.5. The summed E-state index contributed by atoms with van der Waals surface area (Å²) >= 11 is 3.33. The van der Waals surface area contributed by atoms with Crippen molar-refractivity contribution in [2.75, 3.05) is 20.0 Å². The van der Waals surface area contributed by atoms with E-state index in [1.54, 1.807) is 35.8 Å². The van der Waals surface area contributed by atoms with E-state index in [1.807, 2.05) is 6.92 Å². The highest BCUT2D eigenvalue weighted by Gasteiger charge is 2.23. The number of hydrogen-bond acceptors (Lipinski definition) is 5. The molecule has 0 spiro atoms. The summed E-state index contributed by atoms with van der Waals surface area (Å²) in [7, 11) is 0.